The smallest absolute Gasteiger partial charge is 0.304 e. The summed E-state index contributed by atoms with van der Waals surface area (Å²) in [7, 11) is -3.53. The first kappa shape index (κ1) is 22.6. The number of hydrogen-bond acceptors (Lipinski definition) is 4. The quantitative estimate of drug-likeness (QED) is 0.517. The lowest BCUT2D eigenvalue weighted by molar-refractivity contribution is -0.137. The number of aryl methyl sites for hydroxylation is 1. The van der Waals surface area contributed by atoms with Crippen LogP contribution in [0, 0.1) is 0 Å². The van der Waals surface area contributed by atoms with Crippen LogP contribution in [0.25, 0.3) is 10.9 Å². The molecule has 1 aliphatic rings. The average Bonchev–Trinajstić information content (AvgIpc) is 3.02. The highest BCUT2D eigenvalue weighted by atomic mass is 35.5. The van der Waals surface area contributed by atoms with E-state index in [1.54, 1.807) is 18.2 Å². The zero-order valence-corrected chi connectivity index (χ0v) is 19.5. The first-order valence-corrected chi connectivity index (χ1v) is 12.7. The van der Waals surface area contributed by atoms with Gasteiger partial charge in [-0.05, 0) is 61.6 Å². The number of carboxylic acid groups (broad SMARTS) is 1. The Morgan fingerprint density at radius 3 is 2.47 bits per heavy atom. The summed E-state index contributed by atoms with van der Waals surface area (Å²) in [6.45, 7) is 1.85. The van der Waals surface area contributed by atoms with Crippen LogP contribution in [0.2, 0.25) is 5.02 Å². The molecule has 1 aromatic heterocycles. The number of fused-ring (bicyclic) bond motifs is 3. The molecule has 0 spiro atoms. The lowest BCUT2D eigenvalue weighted by Crippen LogP contribution is -2.18. The van der Waals surface area contributed by atoms with E-state index in [4.69, 9.17) is 11.6 Å². The third kappa shape index (κ3) is 4.19. The fourth-order valence-electron chi connectivity index (χ4n) is 4.77. The van der Waals surface area contributed by atoms with Crippen molar-refractivity contribution >= 4 is 44.1 Å². The molecule has 4 rings (SSSR count). The average molecular weight is 474 g/mol. The molecule has 0 radical (unpaired) electrons. The lowest BCUT2D eigenvalue weighted by Gasteiger charge is -2.25. The molecule has 168 valence electrons. The number of hydrogen-bond donors (Lipinski definition) is 1. The van der Waals surface area contributed by atoms with E-state index in [9.17, 15) is 23.1 Å². The van der Waals surface area contributed by atoms with Crippen LogP contribution in [-0.4, -0.2) is 36.1 Å². The van der Waals surface area contributed by atoms with E-state index in [-0.39, 0.29) is 23.0 Å². The molecule has 0 unspecified atom stereocenters. The topological polar surface area (TPSA) is 93.4 Å². The van der Waals surface area contributed by atoms with Gasteiger partial charge in [0.2, 0.25) is 0 Å². The van der Waals surface area contributed by atoms with Gasteiger partial charge in [-0.1, -0.05) is 23.7 Å². The molecule has 0 saturated heterocycles. The zero-order chi connectivity index (χ0) is 23.2. The highest BCUT2D eigenvalue weighted by molar-refractivity contribution is 7.90. The van der Waals surface area contributed by atoms with Crippen molar-refractivity contribution in [2.24, 2.45) is 0 Å². The molecule has 0 bridgehead atoms. The molecule has 0 fully saturated rings. The van der Waals surface area contributed by atoms with Crippen molar-refractivity contribution in [2.45, 2.75) is 50.0 Å². The second-order valence-corrected chi connectivity index (χ2v) is 10.9. The number of sulfone groups is 1. The SMILES string of the molecule is CC(=O)c1cc(S(C)(=O)=O)cc2c3c(n(Cc4ccc(Cl)cc4)c12)[C@@H](CC(=O)O)CCC3. The molecule has 1 N–H and O–H groups in total. The first-order chi connectivity index (χ1) is 15.1. The molecule has 3 aromatic rings. The van der Waals surface area contributed by atoms with E-state index in [2.05, 4.69) is 0 Å². The number of aliphatic carboxylic acids is 1. The first-order valence-electron chi connectivity index (χ1n) is 10.4. The van der Waals surface area contributed by atoms with Crippen LogP contribution in [0.1, 0.15) is 59.3 Å². The molecule has 1 atom stereocenters. The number of rotatable bonds is 6. The molecule has 6 nitrogen and oxygen atoms in total. The number of nitrogens with zero attached hydrogens (tertiary/aromatic N) is 1. The lowest BCUT2D eigenvalue weighted by atomic mass is 9.84. The largest absolute Gasteiger partial charge is 0.481 e. The number of carbonyl (C=O) groups is 2. The van der Waals surface area contributed by atoms with Crippen molar-refractivity contribution in [1.82, 2.24) is 4.57 Å². The summed E-state index contributed by atoms with van der Waals surface area (Å²) in [6, 6.07) is 10.4. The van der Waals surface area contributed by atoms with E-state index < -0.39 is 15.8 Å². The number of aromatic nitrogens is 1. The third-order valence-electron chi connectivity index (χ3n) is 6.13. The molecule has 0 amide bonds. The van der Waals surface area contributed by atoms with Gasteiger partial charge in [-0.2, -0.15) is 0 Å². The Balaban J connectivity index is 2.07. The minimum absolute atomic E-state index is 0.0156. The molecular formula is C24H24ClNO5S. The summed E-state index contributed by atoms with van der Waals surface area (Å²) in [5.74, 6) is -1.32. The zero-order valence-electron chi connectivity index (χ0n) is 17.9. The second-order valence-electron chi connectivity index (χ2n) is 8.46. The summed E-state index contributed by atoms with van der Waals surface area (Å²) in [5.41, 5.74) is 3.79. The summed E-state index contributed by atoms with van der Waals surface area (Å²) in [4.78, 5) is 24.3. The number of carbonyl (C=O) groups excluding carboxylic acids is 1. The van der Waals surface area contributed by atoms with Crippen LogP contribution in [0.3, 0.4) is 0 Å². The summed E-state index contributed by atoms with van der Waals surface area (Å²) in [6.07, 6.45) is 3.36. The number of halogens is 1. The van der Waals surface area contributed by atoms with Gasteiger partial charge in [-0.25, -0.2) is 8.42 Å². The minimum atomic E-state index is -3.53. The number of Topliss-reactive ketones (excluding diaryl/α,β-unsaturated/α-hetero) is 1. The summed E-state index contributed by atoms with van der Waals surface area (Å²) in [5, 5.41) is 10.8. The minimum Gasteiger partial charge on any atom is -0.481 e. The molecule has 1 aliphatic carbocycles. The Bertz CT molecular complexity index is 1340. The predicted molar refractivity (Wildman–Crippen MR) is 124 cm³/mol. The van der Waals surface area contributed by atoms with Crippen LogP contribution in [0.15, 0.2) is 41.3 Å². The normalized spacial score (nSPS) is 16.2. The Morgan fingerprint density at radius 2 is 1.88 bits per heavy atom. The van der Waals surface area contributed by atoms with Crippen molar-refractivity contribution in [3.8, 4) is 0 Å². The van der Waals surface area contributed by atoms with Crippen molar-refractivity contribution < 1.29 is 23.1 Å². The number of ketones is 1. The van der Waals surface area contributed by atoms with Crippen LogP contribution in [-0.2, 0) is 27.6 Å². The van der Waals surface area contributed by atoms with Gasteiger partial charge < -0.3 is 9.67 Å². The van der Waals surface area contributed by atoms with Crippen molar-refractivity contribution in [3.63, 3.8) is 0 Å². The molecule has 0 aliphatic heterocycles. The van der Waals surface area contributed by atoms with Crippen molar-refractivity contribution in [3.05, 3.63) is 63.8 Å². The van der Waals surface area contributed by atoms with Gasteiger partial charge in [-0.15, -0.1) is 0 Å². The summed E-state index contributed by atoms with van der Waals surface area (Å²) >= 11 is 6.04. The predicted octanol–water partition coefficient (Wildman–Crippen LogP) is 4.84. The van der Waals surface area contributed by atoms with Gasteiger partial charge in [0.25, 0.3) is 0 Å². The van der Waals surface area contributed by atoms with E-state index in [0.717, 1.165) is 41.3 Å². The van der Waals surface area contributed by atoms with Crippen LogP contribution >= 0.6 is 11.6 Å². The van der Waals surface area contributed by atoms with Gasteiger partial charge in [0.05, 0.1) is 16.8 Å². The Morgan fingerprint density at radius 1 is 1.19 bits per heavy atom. The van der Waals surface area contributed by atoms with Crippen LogP contribution < -0.4 is 0 Å². The van der Waals surface area contributed by atoms with E-state index in [0.29, 0.717) is 29.1 Å². The van der Waals surface area contributed by atoms with Crippen LogP contribution in [0.4, 0.5) is 0 Å². The molecule has 32 heavy (non-hydrogen) atoms. The number of carboxylic acids is 1. The Kier molecular flexibility index (Phi) is 5.90. The van der Waals surface area contributed by atoms with E-state index >= 15 is 0 Å². The van der Waals surface area contributed by atoms with Crippen molar-refractivity contribution in [1.29, 1.82) is 0 Å². The third-order valence-corrected chi connectivity index (χ3v) is 7.47. The fraction of sp³-hybridized carbons (Fsp3) is 0.333. The molecule has 0 saturated carbocycles. The molecular weight excluding hydrogens is 450 g/mol. The number of benzene rings is 2. The highest BCUT2D eigenvalue weighted by Crippen LogP contribution is 2.42. The highest BCUT2D eigenvalue weighted by Gasteiger charge is 2.31. The Labute approximate surface area is 191 Å². The van der Waals surface area contributed by atoms with Gasteiger partial charge in [-0.3, -0.25) is 9.59 Å². The second kappa shape index (κ2) is 8.37. The Hall–Kier alpha value is -2.64. The maximum atomic E-state index is 12.6. The fourth-order valence-corrected chi connectivity index (χ4v) is 5.56. The summed E-state index contributed by atoms with van der Waals surface area (Å²) < 4.78 is 26.7. The molecule has 1 heterocycles. The maximum absolute atomic E-state index is 12.6. The van der Waals surface area contributed by atoms with E-state index in [1.165, 1.54) is 13.0 Å². The maximum Gasteiger partial charge on any atom is 0.304 e. The molecule has 2 aromatic carbocycles. The van der Waals surface area contributed by atoms with Crippen molar-refractivity contribution in [2.75, 3.05) is 6.26 Å². The molecule has 8 heteroatoms. The van der Waals surface area contributed by atoms with Gasteiger partial charge >= 0.3 is 5.97 Å². The van der Waals surface area contributed by atoms with E-state index in [1.807, 2.05) is 16.7 Å². The standard InChI is InChI=1S/C24H24ClNO5S/c1-14(27)20-11-18(32(2,30)31)12-21-19-5-3-4-16(10-22(28)29)23(19)26(24(20)21)13-15-6-8-17(25)9-7-15/h6-9,11-12,16H,3-5,10,13H2,1-2H3,(H,28,29)/t16-/m1/s1. The van der Waals surface area contributed by atoms with Crippen LogP contribution in [0.5, 0.6) is 0 Å². The van der Waals surface area contributed by atoms with Gasteiger partial charge in [0, 0.05) is 40.4 Å². The monoisotopic (exact) mass is 473 g/mol. The van der Waals surface area contributed by atoms with Gasteiger partial charge in [0.1, 0.15) is 0 Å². The van der Waals surface area contributed by atoms with Gasteiger partial charge in [0.15, 0.2) is 15.6 Å².